The first-order valence-corrected chi connectivity index (χ1v) is 22.1. The molecule has 0 unspecified atom stereocenters. The minimum atomic E-state index is -0.627. The Morgan fingerprint density at radius 1 is 0.323 bits per heavy atom. The highest BCUT2D eigenvalue weighted by Crippen LogP contribution is 2.65. The summed E-state index contributed by atoms with van der Waals surface area (Å²) >= 11 is 0. The highest BCUT2D eigenvalue weighted by Gasteiger charge is 2.53. The Balaban J connectivity index is 1.01. The van der Waals surface area contributed by atoms with Gasteiger partial charge in [0.15, 0.2) is 0 Å². The van der Waals surface area contributed by atoms with E-state index in [0.29, 0.717) is 0 Å². The van der Waals surface area contributed by atoms with E-state index in [1.54, 1.807) is 0 Å². The van der Waals surface area contributed by atoms with Gasteiger partial charge >= 0.3 is 0 Å². The van der Waals surface area contributed by atoms with Crippen LogP contribution in [0, 0.1) is 0 Å². The van der Waals surface area contributed by atoms with Crippen molar-refractivity contribution < 1.29 is 8.83 Å². The molecule has 0 bridgehead atoms. The summed E-state index contributed by atoms with van der Waals surface area (Å²) in [6, 6.07) is 71.1. The molecule has 0 amide bonds. The third kappa shape index (κ3) is 4.73. The molecule has 0 aliphatic heterocycles. The zero-order valence-corrected chi connectivity index (χ0v) is 34.7. The number of aromatic nitrogens is 3. The standard InChI is InChI=1S/C60H33N3O2/c1-8-18-48-34(11-1)21-25-50(61-48)52-30-37(31-53(63-52)51-26-22-35-12-2-9-19-49(35)62-51)36-23-27-55-44(29-36)58-56(64-55)28-24-41-42-32-43-40-15-5-10-20-54(40)65-57(43)33-47(42)60(59(41)58)45-16-6-3-13-38(45)39-14-4-7-17-46(39)60/h1-33H. The third-order valence-electron chi connectivity index (χ3n) is 14.1. The molecule has 15 rings (SSSR count). The summed E-state index contributed by atoms with van der Waals surface area (Å²) in [6.07, 6.45) is 0. The Kier molecular flexibility index (Phi) is 6.82. The van der Waals surface area contributed by atoms with Gasteiger partial charge in [0.2, 0.25) is 0 Å². The fourth-order valence-electron chi connectivity index (χ4n) is 11.3. The third-order valence-corrected chi connectivity index (χ3v) is 14.1. The number of furan rings is 2. The Morgan fingerprint density at radius 2 is 0.923 bits per heavy atom. The van der Waals surface area contributed by atoms with Crippen LogP contribution in [0.3, 0.4) is 0 Å². The molecule has 0 atom stereocenters. The van der Waals surface area contributed by atoms with Gasteiger partial charge in [-0.15, -0.1) is 0 Å². The van der Waals surface area contributed by atoms with E-state index in [4.69, 9.17) is 23.8 Å². The number of fused-ring (bicyclic) bond motifs is 19. The van der Waals surface area contributed by atoms with Crippen LogP contribution in [-0.2, 0) is 5.41 Å². The molecule has 5 heterocycles. The molecule has 0 saturated heterocycles. The van der Waals surface area contributed by atoms with E-state index in [9.17, 15) is 0 Å². The molecular weight excluding hydrogens is 795 g/mol. The van der Waals surface area contributed by atoms with Crippen LogP contribution in [0.15, 0.2) is 209 Å². The molecule has 2 aliphatic rings. The van der Waals surface area contributed by atoms with E-state index in [-0.39, 0.29) is 0 Å². The van der Waals surface area contributed by atoms with Crippen molar-refractivity contribution in [2.24, 2.45) is 0 Å². The van der Waals surface area contributed by atoms with Crippen LogP contribution in [0.4, 0.5) is 0 Å². The highest BCUT2D eigenvalue weighted by atomic mass is 16.3. The van der Waals surface area contributed by atoms with Crippen LogP contribution in [-0.4, -0.2) is 15.0 Å². The predicted molar refractivity (Wildman–Crippen MR) is 262 cm³/mol. The van der Waals surface area contributed by atoms with Crippen molar-refractivity contribution in [3.05, 3.63) is 222 Å². The lowest BCUT2D eigenvalue weighted by molar-refractivity contribution is 0.666. The normalized spacial score (nSPS) is 13.4. The average molecular weight is 828 g/mol. The second-order valence-electron chi connectivity index (χ2n) is 17.4. The zero-order valence-electron chi connectivity index (χ0n) is 34.7. The molecule has 0 saturated carbocycles. The Morgan fingerprint density at radius 3 is 1.65 bits per heavy atom. The van der Waals surface area contributed by atoms with Gasteiger partial charge in [-0.2, -0.15) is 0 Å². The summed E-state index contributed by atoms with van der Waals surface area (Å²) in [5.74, 6) is 0. The molecule has 2 aliphatic carbocycles. The van der Waals surface area contributed by atoms with Gasteiger partial charge in [0.05, 0.1) is 39.2 Å². The molecule has 5 heteroatoms. The number of nitrogens with zero attached hydrogens (tertiary/aromatic N) is 3. The largest absolute Gasteiger partial charge is 0.456 e. The maximum absolute atomic E-state index is 6.88. The SMILES string of the molecule is c1ccc2c(c1)-c1ccccc1C21c2cc3oc4ccccc4c3cc2-c2ccc3oc4ccc(-c5cc(-c6ccc7ccccc7n6)nc(-c6ccc7ccccc7n6)c5)cc4c3c21. The van der Waals surface area contributed by atoms with Crippen LogP contribution in [0.1, 0.15) is 22.3 Å². The van der Waals surface area contributed by atoms with Crippen molar-refractivity contribution in [2.45, 2.75) is 5.41 Å². The van der Waals surface area contributed by atoms with Crippen molar-refractivity contribution in [1.29, 1.82) is 0 Å². The second-order valence-corrected chi connectivity index (χ2v) is 17.4. The lowest BCUT2D eigenvalue weighted by atomic mass is 9.69. The number of pyridine rings is 3. The maximum atomic E-state index is 6.88. The monoisotopic (exact) mass is 827 g/mol. The fraction of sp³-hybridized carbons (Fsp3) is 0.0167. The molecule has 300 valence electrons. The van der Waals surface area contributed by atoms with Crippen LogP contribution in [0.2, 0.25) is 0 Å². The molecule has 5 aromatic heterocycles. The molecule has 0 N–H and O–H groups in total. The van der Waals surface area contributed by atoms with Crippen molar-refractivity contribution in [2.75, 3.05) is 0 Å². The minimum absolute atomic E-state index is 0.627. The van der Waals surface area contributed by atoms with E-state index >= 15 is 0 Å². The summed E-state index contributed by atoms with van der Waals surface area (Å²) in [5.41, 5.74) is 19.8. The van der Waals surface area contributed by atoms with Crippen LogP contribution in [0.25, 0.3) is 122 Å². The number of benzene rings is 8. The lowest BCUT2D eigenvalue weighted by Gasteiger charge is -2.31. The first-order valence-electron chi connectivity index (χ1n) is 22.1. The summed E-state index contributed by atoms with van der Waals surface area (Å²) in [7, 11) is 0. The molecule has 5 nitrogen and oxygen atoms in total. The van der Waals surface area contributed by atoms with Crippen molar-refractivity contribution >= 4 is 65.7 Å². The van der Waals surface area contributed by atoms with Gasteiger partial charge in [0, 0.05) is 32.3 Å². The molecule has 0 fully saturated rings. The Bertz CT molecular complexity index is 4070. The van der Waals surface area contributed by atoms with E-state index in [2.05, 4.69) is 170 Å². The highest BCUT2D eigenvalue weighted by molar-refractivity contribution is 6.16. The second kappa shape index (κ2) is 12.7. The Labute approximate surface area is 371 Å². The van der Waals surface area contributed by atoms with E-state index in [1.165, 1.54) is 44.5 Å². The quantitative estimate of drug-likeness (QED) is 0.177. The van der Waals surface area contributed by atoms with Gasteiger partial charge in [0.1, 0.15) is 22.3 Å². The van der Waals surface area contributed by atoms with Gasteiger partial charge in [-0.1, -0.05) is 127 Å². The number of rotatable bonds is 3. The molecule has 0 radical (unpaired) electrons. The summed E-state index contributed by atoms with van der Waals surface area (Å²) < 4.78 is 13.5. The fourth-order valence-corrected chi connectivity index (χ4v) is 11.3. The average Bonchev–Trinajstić information content (AvgIpc) is 4.09. The number of hydrogen-bond acceptors (Lipinski definition) is 5. The lowest BCUT2D eigenvalue weighted by Crippen LogP contribution is -2.26. The van der Waals surface area contributed by atoms with Gasteiger partial charge in [-0.25, -0.2) is 15.0 Å². The zero-order chi connectivity index (χ0) is 42.4. The molecule has 8 aromatic carbocycles. The maximum Gasteiger partial charge on any atom is 0.135 e. The first-order chi connectivity index (χ1) is 32.2. The smallest absolute Gasteiger partial charge is 0.135 e. The van der Waals surface area contributed by atoms with Gasteiger partial charge < -0.3 is 8.83 Å². The summed E-state index contributed by atoms with van der Waals surface area (Å²) in [6.45, 7) is 0. The molecule has 65 heavy (non-hydrogen) atoms. The van der Waals surface area contributed by atoms with E-state index in [0.717, 1.165) is 99.6 Å². The summed E-state index contributed by atoms with van der Waals surface area (Å²) in [4.78, 5) is 15.5. The van der Waals surface area contributed by atoms with Gasteiger partial charge in [-0.3, -0.25) is 0 Å². The van der Waals surface area contributed by atoms with Crippen molar-refractivity contribution in [3.8, 4) is 56.2 Å². The topological polar surface area (TPSA) is 65.0 Å². The van der Waals surface area contributed by atoms with Crippen molar-refractivity contribution in [1.82, 2.24) is 15.0 Å². The summed E-state index contributed by atoms with van der Waals surface area (Å²) in [5, 5.41) is 6.59. The van der Waals surface area contributed by atoms with E-state index < -0.39 is 5.41 Å². The van der Waals surface area contributed by atoms with Crippen LogP contribution < -0.4 is 0 Å². The minimum Gasteiger partial charge on any atom is -0.456 e. The predicted octanol–water partition coefficient (Wildman–Crippen LogP) is 15.3. The van der Waals surface area contributed by atoms with Gasteiger partial charge in [-0.05, 0) is 128 Å². The van der Waals surface area contributed by atoms with Crippen LogP contribution >= 0.6 is 0 Å². The number of hydrogen-bond donors (Lipinski definition) is 0. The number of para-hydroxylation sites is 3. The Hall–Kier alpha value is -8.67. The van der Waals surface area contributed by atoms with Crippen LogP contribution in [0.5, 0.6) is 0 Å². The first kappa shape index (κ1) is 34.9. The molecular formula is C60H33N3O2. The molecule has 13 aromatic rings. The molecule has 1 spiro atoms. The van der Waals surface area contributed by atoms with Crippen molar-refractivity contribution in [3.63, 3.8) is 0 Å². The van der Waals surface area contributed by atoms with E-state index in [1.807, 2.05) is 30.3 Å². The van der Waals surface area contributed by atoms with Gasteiger partial charge in [0.25, 0.3) is 0 Å².